The molecule has 0 atom stereocenters. The molecule has 0 amide bonds. The van der Waals surface area contributed by atoms with Crippen LogP contribution in [-0.4, -0.2) is 17.1 Å². The minimum atomic E-state index is -0.377. The minimum Gasteiger partial charge on any atom is -0.493 e. The lowest BCUT2D eigenvalue weighted by Gasteiger charge is -2.08. The maximum absolute atomic E-state index is 13.8. The molecule has 0 saturated heterocycles. The Morgan fingerprint density at radius 3 is 2.95 bits per heavy atom. The Morgan fingerprint density at radius 2 is 2.16 bits per heavy atom. The van der Waals surface area contributed by atoms with E-state index < -0.39 is 0 Å². The SMILES string of the molecule is COc1c(F)cccc1-c1c[nH]c2ncc(Br)cc12. The van der Waals surface area contributed by atoms with Gasteiger partial charge in [-0.25, -0.2) is 9.37 Å². The molecule has 1 N–H and O–H groups in total. The molecule has 96 valence electrons. The third kappa shape index (κ3) is 2.00. The maximum Gasteiger partial charge on any atom is 0.165 e. The van der Waals surface area contributed by atoms with Crippen molar-refractivity contribution in [1.29, 1.82) is 0 Å². The van der Waals surface area contributed by atoms with Crippen molar-refractivity contribution in [3.8, 4) is 16.9 Å². The molecule has 0 radical (unpaired) electrons. The molecule has 0 aliphatic heterocycles. The van der Waals surface area contributed by atoms with Gasteiger partial charge in [0.2, 0.25) is 0 Å². The van der Waals surface area contributed by atoms with Crippen LogP contribution in [-0.2, 0) is 0 Å². The van der Waals surface area contributed by atoms with Gasteiger partial charge in [-0.3, -0.25) is 0 Å². The van der Waals surface area contributed by atoms with Crippen molar-refractivity contribution in [1.82, 2.24) is 9.97 Å². The summed E-state index contributed by atoms with van der Waals surface area (Å²) in [5.41, 5.74) is 2.32. The predicted octanol–water partition coefficient (Wildman–Crippen LogP) is 4.14. The lowest BCUT2D eigenvalue weighted by Crippen LogP contribution is -1.91. The fourth-order valence-corrected chi connectivity index (χ4v) is 2.46. The topological polar surface area (TPSA) is 37.9 Å². The molecular formula is C14H10BrFN2O. The summed E-state index contributed by atoms with van der Waals surface area (Å²) in [5.74, 6) is -0.138. The van der Waals surface area contributed by atoms with Crippen LogP contribution in [0.15, 0.2) is 41.1 Å². The Kier molecular flexibility index (Phi) is 2.98. The lowest BCUT2D eigenvalue weighted by molar-refractivity contribution is 0.388. The highest BCUT2D eigenvalue weighted by Crippen LogP contribution is 2.36. The van der Waals surface area contributed by atoms with Crippen LogP contribution in [0, 0.1) is 5.82 Å². The summed E-state index contributed by atoms with van der Waals surface area (Å²) >= 11 is 3.39. The van der Waals surface area contributed by atoms with E-state index in [0.29, 0.717) is 5.56 Å². The second kappa shape index (κ2) is 4.66. The van der Waals surface area contributed by atoms with Gasteiger partial charge in [-0.1, -0.05) is 12.1 Å². The number of halogens is 2. The molecule has 5 heteroatoms. The smallest absolute Gasteiger partial charge is 0.165 e. The maximum atomic E-state index is 13.8. The monoisotopic (exact) mass is 320 g/mol. The fraction of sp³-hybridized carbons (Fsp3) is 0.0714. The van der Waals surface area contributed by atoms with E-state index in [1.54, 1.807) is 18.5 Å². The molecule has 3 rings (SSSR count). The van der Waals surface area contributed by atoms with E-state index in [1.165, 1.54) is 13.2 Å². The molecule has 0 spiro atoms. The number of nitrogens with one attached hydrogen (secondary N) is 1. The number of pyridine rings is 1. The summed E-state index contributed by atoms with van der Waals surface area (Å²) < 4.78 is 19.8. The summed E-state index contributed by atoms with van der Waals surface area (Å²) in [6.07, 6.45) is 3.52. The van der Waals surface area contributed by atoms with Gasteiger partial charge in [0, 0.05) is 33.4 Å². The number of ether oxygens (including phenoxy) is 1. The summed E-state index contributed by atoms with van der Waals surface area (Å²) in [6.45, 7) is 0. The number of methoxy groups -OCH3 is 1. The van der Waals surface area contributed by atoms with E-state index in [-0.39, 0.29) is 11.6 Å². The summed E-state index contributed by atoms with van der Waals surface area (Å²) in [4.78, 5) is 7.34. The quantitative estimate of drug-likeness (QED) is 0.770. The molecule has 0 aliphatic carbocycles. The van der Waals surface area contributed by atoms with Crippen molar-refractivity contribution < 1.29 is 9.13 Å². The van der Waals surface area contributed by atoms with Gasteiger partial charge < -0.3 is 9.72 Å². The molecule has 0 fully saturated rings. The molecule has 3 aromatic rings. The van der Waals surface area contributed by atoms with Gasteiger partial charge in [-0.2, -0.15) is 0 Å². The van der Waals surface area contributed by atoms with Gasteiger partial charge in [0.15, 0.2) is 11.6 Å². The molecule has 1 aromatic carbocycles. The van der Waals surface area contributed by atoms with Gasteiger partial charge in [0.05, 0.1) is 7.11 Å². The molecule has 0 aliphatic rings. The van der Waals surface area contributed by atoms with Crippen LogP contribution >= 0.6 is 15.9 Å². The molecule has 0 saturated carbocycles. The Hall–Kier alpha value is -1.88. The number of aromatic amines is 1. The molecular weight excluding hydrogens is 311 g/mol. The van der Waals surface area contributed by atoms with Crippen LogP contribution in [0.1, 0.15) is 0 Å². The van der Waals surface area contributed by atoms with E-state index in [9.17, 15) is 4.39 Å². The zero-order chi connectivity index (χ0) is 13.4. The summed E-state index contributed by atoms with van der Waals surface area (Å²) in [7, 11) is 1.46. The highest BCUT2D eigenvalue weighted by molar-refractivity contribution is 9.10. The summed E-state index contributed by atoms with van der Waals surface area (Å²) in [6, 6.07) is 6.81. The number of para-hydroxylation sites is 1. The van der Waals surface area contributed by atoms with E-state index in [0.717, 1.165) is 21.1 Å². The Balaban J connectivity index is 2.30. The van der Waals surface area contributed by atoms with Crippen LogP contribution in [0.4, 0.5) is 4.39 Å². The Morgan fingerprint density at radius 1 is 1.32 bits per heavy atom. The first-order chi connectivity index (χ1) is 9.20. The second-order valence-corrected chi connectivity index (χ2v) is 4.99. The van der Waals surface area contributed by atoms with Crippen LogP contribution in [0.2, 0.25) is 0 Å². The van der Waals surface area contributed by atoms with Crippen LogP contribution < -0.4 is 4.74 Å². The third-order valence-corrected chi connectivity index (χ3v) is 3.39. The minimum absolute atomic E-state index is 0.239. The normalized spacial score (nSPS) is 10.9. The van der Waals surface area contributed by atoms with Crippen LogP contribution in [0.3, 0.4) is 0 Å². The highest BCUT2D eigenvalue weighted by atomic mass is 79.9. The average Bonchev–Trinajstić information content (AvgIpc) is 2.81. The van der Waals surface area contributed by atoms with Gasteiger partial charge >= 0.3 is 0 Å². The predicted molar refractivity (Wildman–Crippen MR) is 75.7 cm³/mol. The number of H-pyrrole nitrogens is 1. The van der Waals surface area contributed by atoms with Crippen LogP contribution in [0.5, 0.6) is 5.75 Å². The molecule has 2 heterocycles. The standard InChI is InChI=1S/C14H10BrFN2O/c1-19-13-9(3-2-4-12(13)16)11-7-18-14-10(11)5-8(15)6-17-14/h2-7H,1H3,(H,17,18). The van der Waals surface area contributed by atoms with Gasteiger partial charge in [-0.15, -0.1) is 0 Å². The largest absolute Gasteiger partial charge is 0.493 e. The van der Waals surface area contributed by atoms with Crippen molar-refractivity contribution >= 4 is 27.0 Å². The first-order valence-corrected chi connectivity index (χ1v) is 6.45. The zero-order valence-corrected chi connectivity index (χ0v) is 11.7. The Bertz CT molecular complexity index is 754. The van der Waals surface area contributed by atoms with E-state index in [4.69, 9.17) is 4.74 Å². The Labute approximate surface area is 117 Å². The molecule has 2 aromatic heterocycles. The van der Waals surface area contributed by atoms with Gasteiger partial charge in [0.1, 0.15) is 5.65 Å². The number of hydrogen-bond acceptors (Lipinski definition) is 2. The van der Waals surface area contributed by atoms with Crippen molar-refractivity contribution in [2.24, 2.45) is 0 Å². The first kappa shape index (κ1) is 12.2. The molecule has 19 heavy (non-hydrogen) atoms. The summed E-state index contributed by atoms with van der Waals surface area (Å²) in [5, 5.41) is 0.915. The van der Waals surface area contributed by atoms with Crippen molar-refractivity contribution in [2.45, 2.75) is 0 Å². The zero-order valence-electron chi connectivity index (χ0n) is 10.1. The highest BCUT2D eigenvalue weighted by Gasteiger charge is 2.14. The number of aromatic nitrogens is 2. The van der Waals surface area contributed by atoms with Crippen LogP contribution in [0.25, 0.3) is 22.2 Å². The van der Waals surface area contributed by atoms with Gasteiger partial charge in [-0.05, 0) is 28.1 Å². The number of fused-ring (bicyclic) bond motifs is 1. The number of nitrogens with zero attached hydrogens (tertiary/aromatic N) is 1. The van der Waals surface area contributed by atoms with E-state index >= 15 is 0 Å². The van der Waals surface area contributed by atoms with Crippen molar-refractivity contribution in [3.05, 3.63) is 46.9 Å². The number of rotatable bonds is 2. The number of hydrogen-bond donors (Lipinski definition) is 1. The molecule has 3 nitrogen and oxygen atoms in total. The van der Waals surface area contributed by atoms with Crippen molar-refractivity contribution in [3.63, 3.8) is 0 Å². The second-order valence-electron chi connectivity index (χ2n) is 4.07. The fourth-order valence-electron chi connectivity index (χ4n) is 2.13. The number of benzene rings is 1. The van der Waals surface area contributed by atoms with E-state index in [1.807, 2.05) is 12.1 Å². The van der Waals surface area contributed by atoms with Crippen molar-refractivity contribution in [2.75, 3.05) is 7.11 Å². The molecule has 0 bridgehead atoms. The first-order valence-electron chi connectivity index (χ1n) is 5.66. The van der Waals surface area contributed by atoms with E-state index in [2.05, 4.69) is 25.9 Å². The van der Waals surface area contributed by atoms with Gasteiger partial charge in [0.25, 0.3) is 0 Å². The average molecular weight is 321 g/mol. The third-order valence-electron chi connectivity index (χ3n) is 2.96. The lowest BCUT2D eigenvalue weighted by atomic mass is 10.0. The molecule has 0 unspecified atom stereocenters.